The summed E-state index contributed by atoms with van der Waals surface area (Å²) >= 11 is 0. The summed E-state index contributed by atoms with van der Waals surface area (Å²) < 4.78 is 16.9. The van der Waals surface area contributed by atoms with Gasteiger partial charge >= 0.3 is 5.97 Å². The number of hydrogen-bond donors (Lipinski definition) is 0. The van der Waals surface area contributed by atoms with Crippen LogP contribution in [0.25, 0.3) is 6.08 Å². The molecule has 4 aliphatic carbocycles. The summed E-state index contributed by atoms with van der Waals surface area (Å²) in [5.41, 5.74) is 1.28. The van der Waals surface area contributed by atoms with Gasteiger partial charge in [0.05, 0.1) is 0 Å². The minimum absolute atomic E-state index is 0.00675. The van der Waals surface area contributed by atoms with Crippen LogP contribution in [0.15, 0.2) is 28.9 Å². The molecule has 4 saturated carbocycles. The number of benzene rings is 1. The number of nitrogens with zero attached hydrogens (tertiary/aromatic N) is 1. The van der Waals surface area contributed by atoms with Crippen molar-refractivity contribution in [1.82, 2.24) is 0 Å². The van der Waals surface area contributed by atoms with Gasteiger partial charge in [0, 0.05) is 5.41 Å². The van der Waals surface area contributed by atoms with Gasteiger partial charge in [-0.3, -0.25) is 0 Å². The quantitative estimate of drug-likeness (QED) is 0.588. The molecule has 6 aliphatic rings. The van der Waals surface area contributed by atoms with Gasteiger partial charge in [-0.25, -0.2) is 9.79 Å². The molecular weight excluding hydrogens is 342 g/mol. The topological polar surface area (TPSA) is 57.1 Å². The molecule has 0 unspecified atom stereocenters. The van der Waals surface area contributed by atoms with E-state index in [0.717, 1.165) is 48.3 Å². The SMILES string of the molecule is O=C1OC(C23CC4CC(CC(C4)C2)C3)=N/C1=C/c1ccc2c(c1)OCCO2. The van der Waals surface area contributed by atoms with Crippen molar-refractivity contribution in [1.29, 1.82) is 0 Å². The third-order valence-corrected chi connectivity index (χ3v) is 6.98. The minimum atomic E-state index is -0.323. The number of esters is 1. The monoisotopic (exact) mass is 365 g/mol. The van der Waals surface area contributed by atoms with Crippen molar-refractivity contribution in [3.8, 4) is 11.5 Å². The van der Waals surface area contributed by atoms with Crippen molar-refractivity contribution in [2.24, 2.45) is 28.2 Å². The Morgan fingerprint density at radius 2 is 1.63 bits per heavy atom. The van der Waals surface area contributed by atoms with E-state index < -0.39 is 0 Å². The molecule has 1 aromatic carbocycles. The molecule has 2 aliphatic heterocycles. The van der Waals surface area contributed by atoms with Crippen LogP contribution >= 0.6 is 0 Å². The molecule has 2 heterocycles. The number of carbonyl (C=O) groups is 1. The van der Waals surface area contributed by atoms with Crippen molar-refractivity contribution in [3.63, 3.8) is 0 Å². The van der Waals surface area contributed by atoms with Gasteiger partial charge in [-0.15, -0.1) is 0 Å². The molecule has 27 heavy (non-hydrogen) atoms. The van der Waals surface area contributed by atoms with E-state index in [4.69, 9.17) is 19.2 Å². The number of carbonyl (C=O) groups excluding carboxylic acids is 1. The van der Waals surface area contributed by atoms with Crippen LogP contribution in [-0.2, 0) is 9.53 Å². The molecular formula is C22H23NO4. The molecule has 4 bridgehead atoms. The van der Waals surface area contributed by atoms with Gasteiger partial charge in [0.15, 0.2) is 17.2 Å². The van der Waals surface area contributed by atoms with Crippen LogP contribution in [-0.4, -0.2) is 25.1 Å². The van der Waals surface area contributed by atoms with E-state index in [9.17, 15) is 4.79 Å². The standard InChI is InChI=1S/C22H23NO4/c24-20-17(8-13-1-2-18-19(9-13)26-4-3-25-18)23-21(27-20)22-10-14-5-15(11-22)7-16(6-14)12-22/h1-2,8-9,14-16H,3-7,10-12H2/b17-8+. The fourth-order valence-electron chi connectivity index (χ4n) is 6.32. The number of ether oxygens (including phenoxy) is 3. The maximum Gasteiger partial charge on any atom is 0.363 e. The van der Waals surface area contributed by atoms with Gasteiger partial charge < -0.3 is 14.2 Å². The average molecular weight is 365 g/mol. The summed E-state index contributed by atoms with van der Waals surface area (Å²) in [7, 11) is 0. The van der Waals surface area contributed by atoms with Gasteiger partial charge in [-0.05, 0) is 80.1 Å². The summed E-state index contributed by atoms with van der Waals surface area (Å²) in [6.45, 7) is 1.11. The molecule has 0 saturated heterocycles. The van der Waals surface area contributed by atoms with E-state index in [1.165, 1.54) is 19.3 Å². The van der Waals surface area contributed by atoms with E-state index in [1.54, 1.807) is 6.08 Å². The normalized spacial score (nSPS) is 37.5. The molecule has 0 radical (unpaired) electrons. The van der Waals surface area contributed by atoms with Gasteiger partial charge in [-0.1, -0.05) is 6.07 Å². The molecule has 7 rings (SSSR count). The van der Waals surface area contributed by atoms with E-state index >= 15 is 0 Å². The zero-order chi connectivity index (χ0) is 18.0. The maximum atomic E-state index is 12.5. The Kier molecular flexibility index (Phi) is 3.26. The number of hydrogen-bond acceptors (Lipinski definition) is 5. The highest BCUT2D eigenvalue weighted by Crippen LogP contribution is 2.61. The lowest BCUT2D eigenvalue weighted by Crippen LogP contribution is -2.50. The molecule has 5 heteroatoms. The van der Waals surface area contributed by atoms with Crippen LogP contribution in [0.2, 0.25) is 0 Å². The Morgan fingerprint density at radius 3 is 2.33 bits per heavy atom. The van der Waals surface area contributed by atoms with E-state index in [2.05, 4.69) is 0 Å². The summed E-state index contributed by atoms with van der Waals surface area (Å²) in [5.74, 6) is 4.21. The Balaban J connectivity index is 1.32. The lowest BCUT2D eigenvalue weighted by molar-refractivity contribution is -0.131. The molecule has 0 N–H and O–H groups in total. The van der Waals surface area contributed by atoms with Crippen LogP contribution in [0.4, 0.5) is 0 Å². The first-order valence-electron chi connectivity index (χ1n) is 10.1. The highest BCUT2D eigenvalue weighted by molar-refractivity contribution is 6.09. The lowest BCUT2D eigenvalue weighted by Gasteiger charge is -2.55. The number of rotatable bonds is 2. The zero-order valence-corrected chi connectivity index (χ0v) is 15.3. The zero-order valence-electron chi connectivity index (χ0n) is 15.3. The highest BCUT2D eigenvalue weighted by atomic mass is 16.6. The average Bonchev–Trinajstić information content (AvgIpc) is 3.02. The van der Waals surface area contributed by atoms with Crippen molar-refractivity contribution in [2.45, 2.75) is 38.5 Å². The summed E-state index contributed by atoms with van der Waals surface area (Å²) in [4.78, 5) is 17.2. The van der Waals surface area contributed by atoms with Crippen molar-refractivity contribution in [2.75, 3.05) is 13.2 Å². The molecule has 140 valence electrons. The Bertz CT molecular complexity index is 849. The smallest absolute Gasteiger partial charge is 0.363 e. The predicted molar refractivity (Wildman–Crippen MR) is 99.5 cm³/mol. The highest BCUT2D eigenvalue weighted by Gasteiger charge is 2.55. The third kappa shape index (κ3) is 2.51. The van der Waals surface area contributed by atoms with Gasteiger partial charge in [0.25, 0.3) is 0 Å². The van der Waals surface area contributed by atoms with Crippen LogP contribution in [0.3, 0.4) is 0 Å². The minimum Gasteiger partial charge on any atom is -0.486 e. The third-order valence-electron chi connectivity index (χ3n) is 6.98. The van der Waals surface area contributed by atoms with Gasteiger partial charge in [0.1, 0.15) is 13.2 Å². The molecule has 0 atom stereocenters. The Labute approximate surface area is 158 Å². The number of cyclic esters (lactones) is 1. The van der Waals surface area contributed by atoms with E-state index in [-0.39, 0.29) is 11.4 Å². The maximum absolute atomic E-state index is 12.5. The van der Waals surface area contributed by atoms with Crippen LogP contribution in [0.5, 0.6) is 11.5 Å². The fourth-order valence-corrected chi connectivity index (χ4v) is 6.32. The Morgan fingerprint density at radius 1 is 0.963 bits per heavy atom. The Hall–Kier alpha value is -2.30. The fraction of sp³-hybridized carbons (Fsp3) is 0.545. The van der Waals surface area contributed by atoms with Crippen LogP contribution < -0.4 is 9.47 Å². The number of aliphatic imine (C=N–C) groups is 1. The molecule has 5 nitrogen and oxygen atoms in total. The van der Waals surface area contributed by atoms with Crippen LogP contribution in [0, 0.1) is 23.2 Å². The lowest BCUT2D eigenvalue weighted by atomic mass is 9.49. The van der Waals surface area contributed by atoms with Crippen molar-refractivity contribution < 1.29 is 19.0 Å². The summed E-state index contributed by atoms with van der Waals surface area (Å²) in [6.07, 6.45) is 9.31. The summed E-state index contributed by atoms with van der Waals surface area (Å²) in [5, 5.41) is 0. The first-order chi connectivity index (χ1) is 13.2. The van der Waals surface area contributed by atoms with Gasteiger partial charge in [0.2, 0.25) is 5.90 Å². The van der Waals surface area contributed by atoms with E-state index in [1.807, 2.05) is 18.2 Å². The second kappa shape index (κ2) is 5.60. The van der Waals surface area contributed by atoms with Crippen molar-refractivity contribution >= 4 is 17.9 Å². The predicted octanol–water partition coefficient (Wildman–Crippen LogP) is 3.97. The first kappa shape index (κ1) is 15.7. The molecule has 0 aromatic heterocycles. The largest absolute Gasteiger partial charge is 0.486 e. The molecule has 0 amide bonds. The second-order valence-electron chi connectivity index (χ2n) is 8.94. The second-order valence-corrected chi connectivity index (χ2v) is 8.94. The molecule has 4 fully saturated rings. The summed E-state index contributed by atoms with van der Waals surface area (Å²) in [6, 6.07) is 5.70. The molecule has 1 aromatic rings. The first-order valence-corrected chi connectivity index (χ1v) is 10.1. The van der Waals surface area contributed by atoms with Crippen molar-refractivity contribution in [3.05, 3.63) is 29.5 Å². The van der Waals surface area contributed by atoms with Crippen LogP contribution in [0.1, 0.15) is 44.1 Å². The van der Waals surface area contributed by atoms with E-state index in [0.29, 0.717) is 30.6 Å². The number of fused-ring (bicyclic) bond motifs is 1. The van der Waals surface area contributed by atoms with Gasteiger partial charge in [-0.2, -0.15) is 0 Å². The molecule has 0 spiro atoms.